The zero-order valence-corrected chi connectivity index (χ0v) is 10.3. The van der Waals surface area contributed by atoms with E-state index in [0.717, 1.165) is 28.6 Å². The zero-order valence-electron chi connectivity index (χ0n) is 10.3. The molecule has 2 aromatic rings. The lowest BCUT2D eigenvalue weighted by atomic mass is 10.1. The monoisotopic (exact) mass is 229 g/mol. The van der Waals surface area contributed by atoms with E-state index in [0.29, 0.717) is 5.56 Å². The van der Waals surface area contributed by atoms with Crippen molar-refractivity contribution in [2.45, 2.75) is 20.3 Å². The van der Waals surface area contributed by atoms with Crippen molar-refractivity contribution in [1.29, 1.82) is 0 Å². The average molecular weight is 229 g/mol. The number of nitrogens with zero attached hydrogens (tertiary/aromatic N) is 1. The fourth-order valence-electron chi connectivity index (χ4n) is 1.92. The summed E-state index contributed by atoms with van der Waals surface area (Å²) in [4.78, 5) is 16.0. The largest absolute Gasteiger partial charge is 0.465 e. The van der Waals surface area contributed by atoms with Crippen molar-refractivity contribution in [2.75, 3.05) is 7.11 Å². The molecule has 0 fully saturated rings. The number of hydrogen-bond acceptors (Lipinski definition) is 3. The van der Waals surface area contributed by atoms with Crippen LogP contribution in [-0.2, 0) is 11.2 Å². The van der Waals surface area contributed by atoms with Gasteiger partial charge in [0.2, 0.25) is 0 Å². The van der Waals surface area contributed by atoms with E-state index in [9.17, 15) is 4.79 Å². The van der Waals surface area contributed by atoms with Crippen LogP contribution in [0.4, 0.5) is 0 Å². The summed E-state index contributed by atoms with van der Waals surface area (Å²) in [6, 6.07) is 7.49. The molecular formula is C14H15NO2. The number of esters is 1. The number of aromatic nitrogens is 1. The van der Waals surface area contributed by atoms with Crippen molar-refractivity contribution in [1.82, 2.24) is 4.98 Å². The number of methoxy groups -OCH3 is 1. The molecule has 1 aromatic heterocycles. The van der Waals surface area contributed by atoms with Gasteiger partial charge in [-0.15, -0.1) is 0 Å². The van der Waals surface area contributed by atoms with Crippen molar-refractivity contribution >= 4 is 16.9 Å². The summed E-state index contributed by atoms with van der Waals surface area (Å²) in [5, 5.41) is 0.975. The predicted molar refractivity (Wildman–Crippen MR) is 67.2 cm³/mol. The minimum absolute atomic E-state index is 0.316. The first-order valence-corrected chi connectivity index (χ1v) is 5.64. The molecule has 0 spiro atoms. The molecule has 0 radical (unpaired) electrons. The molecule has 0 saturated heterocycles. The van der Waals surface area contributed by atoms with Gasteiger partial charge in [-0.1, -0.05) is 6.92 Å². The van der Waals surface area contributed by atoms with Crippen molar-refractivity contribution in [3.8, 4) is 0 Å². The second kappa shape index (κ2) is 4.53. The van der Waals surface area contributed by atoms with Gasteiger partial charge in [-0.05, 0) is 43.2 Å². The Morgan fingerprint density at radius 1 is 1.35 bits per heavy atom. The van der Waals surface area contributed by atoms with Crippen LogP contribution >= 0.6 is 0 Å². The van der Waals surface area contributed by atoms with Crippen molar-refractivity contribution in [3.05, 3.63) is 41.1 Å². The number of carbonyl (C=O) groups excluding carboxylic acids is 1. The molecule has 0 saturated carbocycles. The summed E-state index contributed by atoms with van der Waals surface area (Å²) in [5.74, 6) is -0.316. The lowest BCUT2D eigenvalue weighted by Gasteiger charge is -2.06. The number of pyridine rings is 1. The van der Waals surface area contributed by atoms with Gasteiger partial charge in [-0.3, -0.25) is 4.98 Å². The maximum atomic E-state index is 11.4. The average Bonchev–Trinajstić information content (AvgIpc) is 2.36. The van der Waals surface area contributed by atoms with E-state index in [2.05, 4.69) is 18.0 Å². The highest BCUT2D eigenvalue weighted by Crippen LogP contribution is 2.18. The Morgan fingerprint density at radius 2 is 2.12 bits per heavy atom. The minimum Gasteiger partial charge on any atom is -0.465 e. The number of rotatable bonds is 2. The van der Waals surface area contributed by atoms with Gasteiger partial charge in [0.05, 0.1) is 18.2 Å². The van der Waals surface area contributed by atoms with E-state index in [1.807, 2.05) is 19.1 Å². The van der Waals surface area contributed by atoms with Crippen LogP contribution in [0.3, 0.4) is 0 Å². The molecule has 0 aliphatic carbocycles. The fraction of sp³-hybridized carbons (Fsp3) is 0.286. The van der Waals surface area contributed by atoms with Crippen LogP contribution in [0.5, 0.6) is 0 Å². The third-order valence-electron chi connectivity index (χ3n) is 2.87. The highest BCUT2D eigenvalue weighted by molar-refractivity contribution is 5.94. The quantitative estimate of drug-likeness (QED) is 0.743. The SMILES string of the molecule is CCc1nc2ccc(C(=O)OC)cc2cc1C. The summed E-state index contributed by atoms with van der Waals surface area (Å²) in [5.41, 5.74) is 3.73. The first kappa shape index (κ1) is 11.6. The second-order valence-electron chi connectivity index (χ2n) is 4.00. The second-order valence-corrected chi connectivity index (χ2v) is 4.00. The number of benzene rings is 1. The van der Waals surface area contributed by atoms with E-state index < -0.39 is 0 Å². The topological polar surface area (TPSA) is 39.2 Å². The van der Waals surface area contributed by atoms with Crippen LogP contribution in [0.2, 0.25) is 0 Å². The standard InChI is InChI=1S/C14H15NO2/c1-4-12-9(2)7-11-8-10(14(16)17-3)5-6-13(11)15-12/h5-8H,4H2,1-3H3. The minimum atomic E-state index is -0.316. The molecule has 3 heteroatoms. The smallest absolute Gasteiger partial charge is 0.337 e. The first-order valence-electron chi connectivity index (χ1n) is 5.64. The van der Waals surface area contributed by atoms with E-state index in [1.165, 1.54) is 7.11 Å². The molecule has 0 bridgehead atoms. The number of carbonyl (C=O) groups is 1. The summed E-state index contributed by atoms with van der Waals surface area (Å²) in [6.07, 6.45) is 0.917. The van der Waals surface area contributed by atoms with Crippen molar-refractivity contribution in [2.24, 2.45) is 0 Å². The van der Waals surface area contributed by atoms with E-state index in [-0.39, 0.29) is 5.97 Å². The Kier molecular flexibility index (Phi) is 3.09. The van der Waals surface area contributed by atoms with E-state index in [1.54, 1.807) is 6.07 Å². The van der Waals surface area contributed by atoms with Crippen LogP contribution in [0.25, 0.3) is 10.9 Å². The highest BCUT2D eigenvalue weighted by atomic mass is 16.5. The Balaban J connectivity index is 2.59. The number of hydrogen-bond donors (Lipinski definition) is 0. The van der Waals surface area contributed by atoms with Gasteiger partial charge >= 0.3 is 5.97 Å². The molecule has 0 amide bonds. The van der Waals surface area contributed by atoms with E-state index in [4.69, 9.17) is 4.74 Å². The van der Waals surface area contributed by atoms with Gasteiger partial charge < -0.3 is 4.74 Å². The van der Waals surface area contributed by atoms with Gasteiger partial charge in [-0.25, -0.2) is 4.79 Å². The molecule has 3 nitrogen and oxygen atoms in total. The predicted octanol–water partition coefficient (Wildman–Crippen LogP) is 2.89. The molecule has 0 aliphatic heterocycles. The summed E-state index contributed by atoms with van der Waals surface area (Å²) < 4.78 is 4.70. The number of aryl methyl sites for hydroxylation is 2. The van der Waals surface area contributed by atoms with Crippen molar-refractivity contribution < 1.29 is 9.53 Å². The fourth-order valence-corrected chi connectivity index (χ4v) is 1.92. The van der Waals surface area contributed by atoms with Crippen LogP contribution in [-0.4, -0.2) is 18.1 Å². The molecule has 0 aliphatic rings. The molecule has 1 heterocycles. The maximum Gasteiger partial charge on any atom is 0.337 e. The van der Waals surface area contributed by atoms with Crippen LogP contribution in [0.15, 0.2) is 24.3 Å². The molecule has 1 aromatic carbocycles. The third-order valence-corrected chi connectivity index (χ3v) is 2.87. The first-order chi connectivity index (χ1) is 8.15. The molecule has 0 unspecified atom stereocenters. The summed E-state index contributed by atoms with van der Waals surface area (Å²) >= 11 is 0. The Morgan fingerprint density at radius 3 is 2.76 bits per heavy atom. The molecule has 17 heavy (non-hydrogen) atoms. The lowest BCUT2D eigenvalue weighted by Crippen LogP contribution is -2.01. The number of ether oxygens (including phenoxy) is 1. The molecule has 88 valence electrons. The van der Waals surface area contributed by atoms with Crippen LogP contribution < -0.4 is 0 Å². The van der Waals surface area contributed by atoms with Crippen LogP contribution in [0.1, 0.15) is 28.5 Å². The molecule has 0 N–H and O–H groups in total. The number of fused-ring (bicyclic) bond motifs is 1. The lowest BCUT2D eigenvalue weighted by molar-refractivity contribution is 0.0601. The highest BCUT2D eigenvalue weighted by Gasteiger charge is 2.07. The normalized spacial score (nSPS) is 10.5. The summed E-state index contributed by atoms with van der Waals surface area (Å²) in [6.45, 7) is 4.13. The van der Waals surface area contributed by atoms with Gasteiger partial charge in [0, 0.05) is 11.1 Å². The van der Waals surface area contributed by atoms with Crippen molar-refractivity contribution in [3.63, 3.8) is 0 Å². The molecule has 0 atom stereocenters. The molecular weight excluding hydrogens is 214 g/mol. The Bertz CT molecular complexity index is 576. The third kappa shape index (κ3) is 2.13. The van der Waals surface area contributed by atoms with E-state index >= 15 is 0 Å². The van der Waals surface area contributed by atoms with Gasteiger partial charge in [0.1, 0.15) is 0 Å². The Labute approximate surface area is 100 Å². The molecule has 2 rings (SSSR count). The van der Waals surface area contributed by atoms with Crippen LogP contribution in [0, 0.1) is 6.92 Å². The zero-order chi connectivity index (χ0) is 12.4. The van der Waals surface area contributed by atoms with Gasteiger partial charge in [0.15, 0.2) is 0 Å². The van der Waals surface area contributed by atoms with Gasteiger partial charge in [0.25, 0.3) is 0 Å². The Hall–Kier alpha value is -1.90. The maximum absolute atomic E-state index is 11.4. The van der Waals surface area contributed by atoms with Gasteiger partial charge in [-0.2, -0.15) is 0 Å². The summed E-state index contributed by atoms with van der Waals surface area (Å²) in [7, 11) is 1.39.